The number of hydrogen-bond acceptors (Lipinski definition) is 6. The van der Waals surface area contributed by atoms with Gasteiger partial charge in [-0.25, -0.2) is 0 Å². The van der Waals surface area contributed by atoms with Crippen molar-refractivity contribution in [3.8, 4) is 5.75 Å². The summed E-state index contributed by atoms with van der Waals surface area (Å²) in [6.07, 6.45) is 1.53. The quantitative estimate of drug-likeness (QED) is 0.614. The first-order valence-corrected chi connectivity index (χ1v) is 10.6. The van der Waals surface area contributed by atoms with Gasteiger partial charge in [0.25, 0.3) is 5.91 Å². The third-order valence-electron chi connectivity index (χ3n) is 4.88. The molecule has 2 unspecified atom stereocenters. The van der Waals surface area contributed by atoms with Gasteiger partial charge in [0.05, 0.1) is 23.6 Å². The first kappa shape index (κ1) is 21.6. The van der Waals surface area contributed by atoms with Gasteiger partial charge in [-0.3, -0.25) is 14.4 Å². The van der Waals surface area contributed by atoms with Crippen LogP contribution >= 0.6 is 15.9 Å². The summed E-state index contributed by atoms with van der Waals surface area (Å²) in [6.45, 7) is 3.89. The summed E-state index contributed by atoms with van der Waals surface area (Å²) in [5, 5.41) is 2.71. The van der Waals surface area contributed by atoms with E-state index < -0.39 is 12.0 Å². The van der Waals surface area contributed by atoms with Crippen LogP contribution in [0.2, 0.25) is 0 Å². The lowest BCUT2D eigenvalue weighted by Crippen LogP contribution is -2.57. The van der Waals surface area contributed by atoms with Gasteiger partial charge in [-0.05, 0) is 53.9 Å². The Morgan fingerprint density at radius 2 is 2.21 bits per heavy atom. The van der Waals surface area contributed by atoms with Gasteiger partial charge in [-0.1, -0.05) is 0 Å². The maximum absolute atomic E-state index is 13.0. The fraction of sp³-hybridized carbons (Fsp3) is 0.550. The van der Waals surface area contributed by atoms with Crippen molar-refractivity contribution in [1.29, 1.82) is 0 Å². The number of amides is 2. The molecule has 1 N–H and O–H groups in total. The number of piperazine rings is 1. The Labute approximate surface area is 178 Å². The summed E-state index contributed by atoms with van der Waals surface area (Å²) in [5.41, 5.74) is 0.410. The first-order chi connectivity index (χ1) is 14.0. The molecule has 2 saturated heterocycles. The van der Waals surface area contributed by atoms with Crippen molar-refractivity contribution in [3.63, 3.8) is 0 Å². The normalized spacial score (nSPS) is 21.6. The van der Waals surface area contributed by atoms with Crippen LogP contribution in [-0.4, -0.2) is 67.7 Å². The van der Waals surface area contributed by atoms with Crippen LogP contribution in [-0.2, 0) is 19.1 Å². The fourth-order valence-electron chi connectivity index (χ4n) is 3.41. The maximum Gasteiger partial charge on any atom is 0.308 e. The highest BCUT2D eigenvalue weighted by molar-refractivity contribution is 9.10. The molecule has 158 valence electrons. The number of ether oxygens (including phenoxy) is 3. The summed E-state index contributed by atoms with van der Waals surface area (Å²) < 4.78 is 16.8. The molecule has 1 aromatic carbocycles. The molecule has 2 fully saturated rings. The number of rotatable bonds is 7. The van der Waals surface area contributed by atoms with Crippen LogP contribution in [0.4, 0.5) is 0 Å². The van der Waals surface area contributed by atoms with Crippen molar-refractivity contribution in [2.45, 2.75) is 38.3 Å². The number of carbonyl (C=O) groups excluding carboxylic acids is 3. The Morgan fingerprint density at radius 1 is 1.38 bits per heavy atom. The number of carbonyl (C=O) groups is 3. The summed E-state index contributed by atoms with van der Waals surface area (Å²) in [7, 11) is 0. The SMILES string of the molecule is CCOc1ccc(C(=O)N2CCNC(=O)C2CC(=O)OCC2CCCO2)cc1Br. The van der Waals surface area contributed by atoms with Crippen molar-refractivity contribution in [3.05, 3.63) is 28.2 Å². The van der Waals surface area contributed by atoms with Crippen molar-refractivity contribution < 1.29 is 28.6 Å². The molecule has 2 aliphatic rings. The van der Waals surface area contributed by atoms with E-state index in [4.69, 9.17) is 14.2 Å². The van der Waals surface area contributed by atoms with E-state index in [-0.39, 0.29) is 30.9 Å². The average Bonchev–Trinajstić information content (AvgIpc) is 3.23. The molecule has 2 heterocycles. The van der Waals surface area contributed by atoms with Crippen LogP contribution in [0.25, 0.3) is 0 Å². The molecule has 2 aliphatic heterocycles. The summed E-state index contributed by atoms with van der Waals surface area (Å²) >= 11 is 3.40. The third kappa shape index (κ3) is 5.48. The predicted octanol–water partition coefficient (Wildman–Crippen LogP) is 1.90. The van der Waals surface area contributed by atoms with E-state index in [1.807, 2.05) is 6.92 Å². The van der Waals surface area contributed by atoms with E-state index in [2.05, 4.69) is 21.2 Å². The van der Waals surface area contributed by atoms with Crippen molar-refractivity contribution in [2.75, 3.05) is 32.9 Å². The van der Waals surface area contributed by atoms with E-state index in [1.165, 1.54) is 4.90 Å². The number of nitrogens with one attached hydrogen (secondary N) is 1. The van der Waals surface area contributed by atoms with Crippen LogP contribution in [0.1, 0.15) is 36.5 Å². The van der Waals surface area contributed by atoms with Gasteiger partial charge in [0, 0.05) is 25.3 Å². The molecule has 0 saturated carbocycles. The van der Waals surface area contributed by atoms with Crippen LogP contribution < -0.4 is 10.1 Å². The number of nitrogens with zero attached hydrogens (tertiary/aromatic N) is 1. The van der Waals surface area contributed by atoms with Crippen molar-refractivity contribution in [1.82, 2.24) is 10.2 Å². The van der Waals surface area contributed by atoms with Gasteiger partial charge in [0.15, 0.2) is 0 Å². The molecule has 0 aromatic heterocycles. The van der Waals surface area contributed by atoms with Gasteiger partial charge < -0.3 is 24.4 Å². The molecule has 3 rings (SSSR count). The molecule has 29 heavy (non-hydrogen) atoms. The lowest BCUT2D eigenvalue weighted by atomic mass is 10.1. The highest BCUT2D eigenvalue weighted by Crippen LogP contribution is 2.27. The van der Waals surface area contributed by atoms with Gasteiger partial charge in [0.1, 0.15) is 18.4 Å². The molecule has 2 amide bonds. The Bertz CT molecular complexity index is 765. The lowest BCUT2D eigenvalue weighted by Gasteiger charge is -2.34. The zero-order valence-electron chi connectivity index (χ0n) is 16.3. The summed E-state index contributed by atoms with van der Waals surface area (Å²) in [4.78, 5) is 39.1. The fourth-order valence-corrected chi connectivity index (χ4v) is 3.90. The molecule has 8 nitrogen and oxygen atoms in total. The monoisotopic (exact) mass is 468 g/mol. The first-order valence-electron chi connectivity index (χ1n) is 9.78. The number of esters is 1. The van der Waals surface area contributed by atoms with Crippen LogP contribution in [0, 0.1) is 0 Å². The van der Waals surface area contributed by atoms with Crippen molar-refractivity contribution >= 4 is 33.7 Å². The number of halogens is 1. The van der Waals surface area contributed by atoms with Crippen LogP contribution in [0.3, 0.4) is 0 Å². The van der Waals surface area contributed by atoms with E-state index >= 15 is 0 Å². The summed E-state index contributed by atoms with van der Waals surface area (Å²) in [5.74, 6) is -0.563. The molecular formula is C20H25BrN2O6. The zero-order chi connectivity index (χ0) is 20.8. The van der Waals surface area contributed by atoms with E-state index in [1.54, 1.807) is 18.2 Å². The highest BCUT2D eigenvalue weighted by Gasteiger charge is 2.36. The van der Waals surface area contributed by atoms with Crippen LogP contribution in [0.15, 0.2) is 22.7 Å². The number of benzene rings is 1. The van der Waals surface area contributed by atoms with Gasteiger partial charge >= 0.3 is 5.97 Å². The minimum absolute atomic E-state index is 0.0851. The third-order valence-corrected chi connectivity index (χ3v) is 5.50. The minimum Gasteiger partial charge on any atom is -0.493 e. The molecule has 1 aromatic rings. The smallest absolute Gasteiger partial charge is 0.308 e. The molecule has 9 heteroatoms. The van der Waals surface area contributed by atoms with E-state index in [0.717, 1.165) is 12.8 Å². The Morgan fingerprint density at radius 3 is 2.90 bits per heavy atom. The average molecular weight is 469 g/mol. The minimum atomic E-state index is -0.904. The van der Waals surface area contributed by atoms with E-state index in [9.17, 15) is 14.4 Å². The Balaban J connectivity index is 1.66. The summed E-state index contributed by atoms with van der Waals surface area (Å²) in [6, 6.07) is 4.11. The van der Waals surface area contributed by atoms with Gasteiger partial charge in [-0.2, -0.15) is 0 Å². The largest absolute Gasteiger partial charge is 0.493 e. The molecule has 0 bridgehead atoms. The highest BCUT2D eigenvalue weighted by atomic mass is 79.9. The zero-order valence-corrected chi connectivity index (χ0v) is 17.9. The second-order valence-electron chi connectivity index (χ2n) is 6.91. The molecule has 0 radical (unpaired) electrons. The van der Waals surface area contributed by atoms with Crippen molar-refractivity contribution in [2.24, 2.45) is 0 Å². The molecule has 0 aliphatic carbocycles. The van der Waals surface area contributed by atoms with Crippen LogP contribution in [0.5, 0.6) is 5.75 Å². The molecule has 0 spiro atoms. The standard InChI is InChI=1S/C20H25BrN2O6/c1-2-27-17-6-5-13(10-15(17)21)20(26)23-8-7-22-19(25)16(23)11-18(24)29-12-14-4-3-9-28-14/h5-6,10,14,16H,2-4,7-9,11-12H2,1H3,(H,22,25). The number of hydrogen-bond donors (Lipinski definition) is 1. The molecule has 2 atom stereocenters. The second-order valence-corrected chi connectivity index (χ2v) is 7.76. The Hall–Kier alpha value is -2.13. The van der Waals surface area contributed by atoms with Gasteiger partial charge in [0.2, 0.25) is 5.91 Å². The second kappa shape index (κ2) is 10.1. The van der Waals surface area contributed by atoms with E-state index in [0.29, 0.717) is 42.1 Å². The topological polar surface area (TPSA) is 94.2 Å². The lowest BCUT2D eigenvalue weighted by molar-refractivity contribution is -0.150. The predicted molar refractivity (Wildman–Crippen MR) is 108 cm³/mol. The Kier molecular flexibility index (Phi) is 7.49. The maximum atomic E-state index is 13.0. The van der Waals surface area contributed by atoms with Gasteiger partial charge in [-0.15, -0.1) is 0 Å². The molecular weight excluding hydrogens is 444 g/mol.